The Balaban J connectivity index is 1.98. The first-order valence-corrected chi connectivity index (χ1v) is 9.91. The molecule has 0 aromatic heterocycles. The van der Waals surface area contributed by atoms with E-state index in [1.807, 2.05) is 0 Å². The molecule has 0 spiro atoms. The molecule has 4 rings (SSSR count). The Morgan fingerprint density at radius 1 is 1.06 bits per heavy atom. The lowest BCUT2D eigenvalue weighted by Crippen LogP contribution is -2.64. The third kappa shape index (κ3) is 2.66. The van der Waals surface area contributed by atoms with Crippen molar-refractivity contribution >= 4 is 23.1 Å². The van der Waals surface area contributed by atoms with E-state index in [2.05, 4.69) is 0 Å². The number of aliphatic hydroxyl groups is 3. The molecule has 1 aromatic rings. The molecule has 0 aliphatic heterocycles. The third-order valence-electron chi connectivity index (χ3n) is 6.85. The fourth-order valence-electron chi connectivity index (χ4n) is 5.55. The number of aliphatic hydroxyl groups excluding tert-OH is 3. The van der Waals surface area contributed by atoms with Crippen LogP contribution in [0.4, 0.5) is 0 Å². The summed E-state index contributed by atoms with van der Waals surface area (Å²) in [6.07, 6.45) is -1.33. The fraction of sp³-hybridized carbons (Fsp3) is 0.409. The Hall–Kier alpha value is -3.17. The number of phenols is 1. The molecule has 3 aliphatic carbocycles. The average molecular weight is 428 g/mol. The van der Waals surface area contributed by atoms with Crippen molar-refractivity contribution in [3.63, 3.8) is 0 Å². The van der Waals surface area contributed by atoms with E-state index >= 15 is 0 Å². The van der Waals surface area contributed by atoms with Crippen molar-refractivity contribution in [3.05, 3.63) is 46.4 Å². The van der Waals surface area contributed by atoms with E-state index in [0.29, 0.717) is 5.56 Å². The van der Waals surface area contributed by atoms with E-state index < -0.39 is 70.4 Å². The van der Waals surface area contributed by atoms with Gasteiger partial charge in [-0.05, 0) is 31.6 Å². The Morgan fingerprint density at radius 2 is 1.71 bits per heavy atom. The van der Waals surface area contributed by atoms with Gasteiger partial charge in [-0.2, -0.15) is 0 Å². The molecule has 0 radical (unpaired) electrons. The number of nitrogens with zero attached hydrogens (tertiary/aromatic N) is 1. The van der Waals surface area contributed by atoms with Crippen LogP contribution in [-0.2, 0) is 14.4 Å². The predicted octanol–water partition coefficient (Wildman–Crippen LogP) is 0.381. The Labute approximate surface area is 178 Å². The highest BCUT2D eigenvalue weighted by Gasteiger charge is 2.61. The van der Waals surface area contributed by atoms with Crippen LogP contribution >= 0.6 is 0 Å². The molecule has 3 aliphatic rings. The van der Waals surface area contributed by atoms with E-state index in [-0.39, 0.29) is 16.9 Å². The molecule has 9 heteroatoms. The van der Waals surface area contributed by atoms with Gasteiger partial charge in [0, 0.05) is 17.4 Å². The lowest BCUT2D eigenvalue weighted by Gasteiger charge is -2.50. The van der Waals surface area contributed by atoms with Gasteiger partial charge in [-0.15, -0.1) is 0 Å². The number of ketones is 3. The normalized spacial score (nSPS) is 34.4. The number of benzene rings is 1. The van der Waals surface area contributed by atoms with Crippen molar-refractivity contribution in [3.8, 4) is 5.75 Å². The van der Waals surface area contributed by atoms with Crippen LogP contribution in [-0.4, -0.2) is 68.9 Å². The molecule has 0 heterocycles. The highest BCUT2D eigenvalue weighted by Crippen LogP contribution is 2.53. The molecule has 0 amide bonds. The predicted molar refractivity (Wildman–Crippen MR) is 109 cm³/mol. The molecule has 9 nitrogen and oxygen atoms in total. The number of rotatable bonds is 1. The molecular weight excluding hydrogens is 404 g/mol. The second kappa shape index (κ2) is 6.93. The maximum absolute atomic E-state index is 13.6. The molecular formula is C22H24N2O7. The summed E-state index contributed by atoms with van der Waals surface area (Å²) >= 11 is 0. The van der Waals surface area contributed by atoms with Crippen molar-refractivity contribution in [1.29, 1.82) is 0 Å². The summed E-state index contributed by atoms with van der Waals surface area (Å²) in [5.41, 5.74) is 5.18. The minimum Gasteiger partial charge on any atom is -0.507 e. The lowest BCUT2D eigenvalue weighted by atomic mass is 9.55. The fourth-order valence-corrected chi connectivity index (χ4v) is 5.55. The number of phenolic OH excluding ortho intramolecular Hbond substituents is 1. The average Bonchev–Trinajstić information content (AvgIpc) is 2.67. The number of Topliss-reactive ketones (excluding diaryl/α,β-unsaturated/α-hetero) is 3. The first kappa shape index (κ1) is 21.1. The van der Waals surface area contributed by atoms with E-state index in [4.69, 9.17) is 5.73 Å². The summed E-state index contributed by atoms with van der Waals surface area (Å²) in [7, 11) is 3.14. The molecule has 2 fully saturated rings. The Kier molecular flexibility index (Phi) is 4.71. The van der Waals surface area contributed by atoms with E-state index in [9.17, 15) is 34.8 Å². The van der Waals surface area contributed by atoms with Crippen LogP contribution in [0.2, 0.25) is 0 Å². The topological polar surface area (TPSA) is 161 Å². The van der Waals surface area contributed by atoms with E-state index in [1.165, 1.54) is 11.0 Å². The SMILES string of the molecule is C[C@H]1c2cccc(O)c2C(O)=C2C(=O)C3C(=O)/C(=C(/N)O)C(=O)[C@@H](N(C)C)[C@@H]3[C@@H](O)[C@@H]21. The van der Waals surface area contributed by atoms with Gasteiger partial charge >= 0.3 is 0 Å². The maximum Gasteiger partial charge on any atom is 0.196 e. The molecule has 6 atom stereocenters. The standard InChI is InChI=1S/C22H24N2O7/c1-7-8-5-4-6-9(25)11(8)18(27)13-10(7)17(26)12-14(19(13)28)20(29)15(22(23)31)21(30)16(12)24(2)3/h4-7,10,12,14,16-17,25-27,31H,23H2,1-3H3/b22-15+/t7-,10+,12+,14?,16-,17-/m0/s1. The number of fused-ring (bicyclic) bond motifs is 3. The largest absolute Gasteiger partial charge is 0.507 e. The zero-order valence-corrected chi connectivity index (χ0v) is 17.2. The molecule has 1 aromatic carbocycles. The number of aromatic hydroxyl groups is 1. The Bertz CT molecular complexity index is 1080. The maximum atomic E-state index is 13.6. The van der Waals surface area contributed by atoms with Crippen LogP contribution < -0.4 is 5.73 Å². The van der Waals surface area contributed by atoms with Gasteiger partial charge in [-0.25, -0.2) is 0 Å². The van der Waals surface area contributed by atoms with Gasteiger partial charge in [0.25, 0.3) is 0 Å². The lowest BCUT2D eigenvalue weighted by molar-refractivity contribution is -0.149. The molecule has 1 unspecified atom stereocenters. The molecule has 31 heavy (non-hydrogen) atoms. The molecule has 164 valence electrons. The van der Waals surface area contributed by atoms with E-state index in [1.54, 1.807) is 33.2 Å². The monoisotopic (exact) mass is 428 g/mol. The summed E-state index contributed by atoms with van der Waals surface area (Å²) in [4.78, 5) is 41.1. The van der Waals surface area contributed by atoms with Crippen LogP contribution in [0.5, 0.6) is 5.75 Å². The quantitative estimate of drug-likeness (QED) is 0.184. The van der Waals surface area contributed by atoms with Gasteiger partial charge in [0.05, 0.1) is 23.6 Å². The Morgan fingerprint density at radius 3 is 2.29 bits per heavy atom. The van der Waals surface area contributed by atoms with Crippen molar-refractivity contribution in [2.24, 2.45) is 23.5 Å². The summed E-state index contributed by atoms with van der Waals surface area (Å²) in [6, 6.07) is 3.57. The van der Waals surface area contributed by atoms with Crippen LogP contribution in [0, 0.1) is 17.8 Å². The first-order valence-electron chi connectivity index (χ1n) is 9.91. The molecule has 2 saturated carbocycles. The van der Waals surface area contributed by atoms with Gasteiger partial charge in [0.15, 0.2) is 23.2 Å². The zero-order chi connectivity index (χ0) is 22.9. The van der Waals surface area contributed by atoms with Gasteiger partial charge < -0.3 is 26.2 Å². The number of nitrogens with two attached hydrogens (primary N) is 1. The summed E-state index contributed by atoms with van der Waals surface area (Å²) < 4.78 is 0. The number of carbonyl (C=O) groups is 3. The van der Waals surface area contributed by atoms with Gasteiger partial charge in [0.2, 0.25) is 0 Å². The van der Waals surface area contributed by atoms with Crippen molar-refractivity contribution in [2.45, 2.75) is 25.0 Å². The summed E-state index contributed by atoms with van der Waals surface area (Å²) in [5, 5.41) is 42.4. The molecule has 0 bridgehead atoms. The summed E-state index contributed by atoms with van der Waals surface area (Å²) in [6.45, 7) is 1.75. The van der Waals surface area contributed by atoms with Gasteiger partial charge in [0.1, 0.15) is 17.1 Å². The van der Waals surface area contributed by atoms with Gasteiger partial charge in [-0.1, -0.05) is 19.1 Å². The van der Waals surface area contributed by atoms with Crippen molar-refractivity contribution < 1.29 is 34.8 Å². The second-order valence-corrected chi connectivity index (χ2v) is 8.63. The number of likely N-dealkylation sites (N-methyl/N-ethyl adjacent to an activating group) is 1. The van der Waals surface area contributed by atoms with Crippen LogP contribution in [0.25, 0.3) is 5.76 Å². The zero-order valence-electron chi connectivity index (χ0n) is 17.2. The van der Waals surface area contributed by atoms with E-state index in [0.717, 1.165) is 0 Å². The van der Waals surface area contributed by atoms with Crippen LogP contribution in [0.3, 0.4) is 0 Å². The van der Waals surface area contributed by atoms with Crippen LogP contribution in [0.1, 0.15) is 24.0 Å². The smallest absolute Gasteiger partial charge is 0.196 e. The number of hydrogen-bond acceptors (Lipinski definition) is 9. The minimum absolute atomic E-state index is 0.0844. The number of carbonyl (C=O) groups excluding carboxylic acids is 3. The molecule has 6 N–H and O–H groups in total. The second-order valence-electron chi connectivity index (χ2n) is 8.63. The first-order chi connectivity index (χ1) is 14.5. The third-order valence-corrected chi connectivity index (χ3v) is 6.85. The number of hydrogen-bond donors (Lipinski definition) is 5. The highest BCUT2D eigenvalue weighted by molar-refractivity contribution is 6.31. The van der Waals surface area contributed by atoms with Gasteiger partial charge in [-0.3, -0.25) is 19.3 Å². The van der Waals surface area contributed by atoms with Crippen LogP contribution in [0.15, 0.2) is 35.2 Å². The molecule has 0 saturated heterocycles. The highest BCUT2D eigenvalue weighted by atomic mass is 16.3. The minimum atomic E-state index is -1.51. The van der Waals surface area contributed by atoms with Crippen molar-refractivity contribution in [1.82, 2.24) is 4.90 Å². The van der Waals surface area contributed by atoms with Crippen molar-refractivity contribution in [2.75, 3.05) is 14.1 Å². The summed E-state index contributed by atoms with van der Waals surface area (Å²) in [5.74, 6) is -8.16.